The Kier molecular flexibility index (Phi) is 4.25. The average Bonchev–Trinajstić information content (AvgIpc) is 2.44. The van der Waals surface area contributed by atoms with Gasteiger partial charge >= 0.3 is 0 Å². The van der Waals surface area contributed by atoms with Crippen LogP contribution in [0.5, 0.6) is 0 Å². The van der Waals surface area contributed by atoms with Crippen LogP contribution < -0.4 is 5.32 Å². The molecule has 0 atom stereocenters. The SMILES string of the molecule is CC(C)(C)NCC1(C2=CCCCC2)CC2(CCCCC2)C1. The van der Waals surface area contributed by atoms with Crippen molar-refractivity contribution in [3.8, 4) is 0 Å². The normalized spacial score (nSPS) is 28.0. The van der Waals surface area contributed by atoms with Crippen LogP contribution in [0.3, 0.4) is 0 Å². The van der Waals surface area contributed by atoms with Crippen LogP contribution in [0.1, 0.15) is 91.4 Å². The Morgan fingerprint density at radius 2 is 1.71 bits per heavy atom. The van der Waals surface area contributed by atoms with Gasteiger partial charge in [-0.2, -0.15) is 0 Å². The molecular formula is C20H35N. The lowest BCUT2D eigenvalue weighted by Gasteiger charge is -2.60. The zero-order valence-corrected chi connectivity index (χ0v) is 14.6. The first kappa shape index (κ1) is 15.6. The van der Waals surface area contributed by atoms with E-state index >= 15 is 0 Å². The smallest absolute Gasteiger partial charge is 0.00968 e. The Labute approximate surface area is 132 Å². The Bertz CT molecular complexity index is 385. The zero-order chi connectivity index (χ0) is 15.0. The Morgan fingerprint density at radius 3 is 2.29 bits per heavy atom. The standard InChI is InChI=1S/C20H35N/c1-18(2,3)21-16-20(17-10-6-4-7-11-17)14-19(15-20)12-8-5-9-13-19/h10,21H,4-9,11-16H2,1-3H3. The van der Waals surface area contributed by atoms with E-state index < -0.39 is 0 Å². The van der Waals surface area contributed by atoms with E-state index in [1.807, 2.05) is 5.57 Å². The molecule has 0 aromatic carbocycles. The lowest BCUT2D eigenvalue weighted by molar-refractivity contribution is -0.0463. The van der Waals surface area contributed by atoms with Gasteiger partial charge in [0, 0.05) is 17.5 Å². The van der Waals surface area contributed by atoms with E-state index in [2.05, 4.69) is 32.2 Å². The van der Waals surface area contributed by atoms with Crippen LogP contribution in [-0.2, 0) is 0 Å². The van der Waals surface area contributed by atoms with Crippen molar-refractivity contribution in [2.45, 2.75) is 96.9 Å². The molecule has 0 aromatic heterocycles. The highest BCUT2D eigenvalue weighted by atomic mass is 15.0. The van der Waals surface area contributed by atoms with Crippen molar-refractivity contribution in [2.24, 2.45) is 10.8 Å². The molecule has 0 amide bonds. The van der Waals surface area contributed by atoms with Crippen LogP contribution >= 0.6 is 0 Å². The van der Waals surface area contributed by atoms with E-state index in [4.69, 9.17) is 0 Å². The van der Waals surface area contributed by atoms with Crippen molar-refractivity contribution in [3.63, 3.8) is 0 Å². The van der Waals surface area contributed by atoms with Gasteiger partial charge in [-0.15, -0.1) is 0 Å². The molecule has 1 spiro atoms. The number of rotatable bonds is 3. The first-order chi connectivity index (χ1) is 9.93. The third kappa shape index (κ3) is 3.38. The van der Waals surface area contributed by atoms with Gasteiger partial charge in [0.05, 0.1) is 0 Å². The van der Waals surface area contributed by atoms with Crippen LogP contribution in [0.15, 0.2) is 11.6 Å². The summed E-state index contributed by atoms with van der Waals surface area (Å²) in [7, 11) is 0. The molecule has 0 radical (unpaired) electrons. The summed E-state index contributed by atoms with van der Waals surface area (Å²) in [4.78, 5) is 0. The summed E-state index contributed by atoms with van der Waals surface area (Å²) in [5.74, 6) is 0. The topological polar surface area (TPSA) is 12.0 Å². The molecule has 1 heteroatoms. The summed E-state index contributed by atoms with van der Waals surface area (Å²) in [6.07, 6.45) is 18.6. The fourth-order valence-electron chi connectivity index (χ4n) is 5.26. The van der Waals surface area contributed by atoms with Crippen molar-refractivity contribution < 1.29 is 0 Å². The molecule has 0 aromatic rings. The summed E-state index contributed by atoms with van der Waals surface area (Å²) in [6.45, 7) is 8.14. The molecule has 3 aliphatic carbocycles. The van der Waals surface area contributed by atoms with Crippen molar-refractivity contribution in [1.82, 2.24) is 5.32 Å². The van der Waals surface area contributed by atoms with Gasteiger partial charge in [-0.3, -0.25) is 0 Å². The molecule has 0 bridgehead atoms. The zero-order valence-electron chi connectivity index (χ0n) is 14.6. The lowest BCUT2D eigenvalue weighted by Crippen LogP contribution is -2.56. The van der Waals surface area contributed by atoms with Crippen molar-refractivity contribution in [1.29, 1.82) is 0 Å². The van der Waals surface area contributed by atoms with E-state index in [0.717, 1.165) is 5.41 Å². The highest BCUT2D eigenvalue weighted by Gasteiger charge is 2.55. The van der Waals surface area contributed by atoms with Gasteiger partial charge in [-0.25, -0.2) is 0 Å². The summed E-state index contributed by atoms with van der Waals surface area (Å²) < 4.78 is 0. The van der Waals surface area contributed by atoms with Crippen LogP contribution in [0.25, 0.3) is 0 Å². The summed E-state index contributed by atoms with van der Waals surface area (Å²) >= 11 is 0. The van der Waals surface area contributed by atoms with Crippen LogP contribution in [0, 0.1) is 10.8 Å². The number of allylic oxidation sites excluding steroid dienone is 1. The lowest BCUT2D eigenvalue weighted by atomic mass is 9.45. The molecule has 2 fully saturated rings. The second-order valence-electron chi connectivity index (χ2n) is 9.27. The second kappa shape index (κ2) is 5.72. The summed E-state index contributed by atoms with van der Waals surface area (Å²) in [5.41, 5.74) is 3.32. The van der Waals surface area contributed by atoms with E-state index in [-0.39, 0.29) is 5.54 Å². The summed E-state index contributed by atoms with van der Waals surface area (Å²) in [6, 6.07) is 0. The van der Waals surface area contributed by atoms with Crippen LogP contribution in [0.2, 0.25) is 0 Å². The third-order valence-electron chi connectivity index (χ3n) is 6.27. The van der Waals surface area contributed by atoms with E-state index in [1.165, 1.54) is 77.2 Å². The fraction of sp³-hybridized carbons (Fsp3) is 0.900. The highest BCUT2D eigenvalue weighted by molar-refractivity contribution is 5.25. The van der Waals surface area contributed by atoms with Crippen LogP contribution in [-0.4, -0.2) is 12.1 Å². The molecule has 0 heterocycles. The predicted molar refractivity (Wildman–Crippen MR) is 91.5 cm³/mol. The Balaban J connectivity index is 1.72. The molecule has 0 aliphatic heterocycles. The molecule has 3 aliphatic rings. The number of nitrogens with one attached hydrogen (secondary N) is 1. The average molecular weight is 290 g/mol. The predicted octanol–water partition coefficient (Wildman–Crippen LogP) is 5.61. The highest BCUT2D eigenvalue weighted by Crippen LogP contribution is 2.64. The second-order valence-corrected chi connectivity index (χ2v) is 9.27. The monoisotopic (exact) mass is 289 g/mol. The first-order valence-corrected chi connectivity index (χ1v) is 9.38. The van der Waals surface area contributed by atoms with Crippen molar-refractivity contribution in [3.05, 3.63) is 11.6 Å². The largest absolute Gasteiger partial charge is 0.311 e. The van der Waals surface area contributed by atoms with E-state index in [1.54, 1.807) is 0 Å². The summed E-state index contributed by atoms with van der Waals surface area (Å²) in [5, 5.41) is 3.84. The minimum Gasteiger partial charge on any atom is -0.311 e. The third-order valence-corrected chi connectivity index (χ3v) is 6.27. The molecule has 0 saturated heterocycles. The molecule has 0 unspecified atom stereocenters. The molecule has 1 N–H and O–H groups in total. The van der Waals surface area contributed by atoms with Crippen molar-refractivity contribution >= 4 is 0 Å². The van der Waals surface area contributed by atoms with Gasteiger partial charge in [0.1, 0.15) is 0 Å². The van der Waals surface area contributed by atoms with Crippen LogP contribution in [0.4, 0.5) is 0 Å². The van der Waals surface area contributed by atoms with E-state index in [9.17, 15) is 0 Å². The number of hydrogen-bond acceptors (Lipinski definition) is 1. The molecule has 21 heavy (non-hydrogen) atoms. The van der Waals surface area contributed by atoms with Gasteiger partial charge in [-0.1, -0.05) is 30.9 Å². The molecular weight excluding hydrogens is 254 g/mol. The maximum atomic E-state index is 3.84. The van der Waals surface area contributed by atoms with Gasteiger partial charge < -0.3 is 5.32 Å². The van der Waals surface area contributed by atoms with Gasteiger partial charge in [0.2, 0.25) is 0 Å². The van der Waals surface area contributed by atoms with E-state index in [0.29, 0.717) is 5.41 Å². The molecule has 3 rings (SSSR count). The van der Waals surface area contributed by atoms with Gasteiger partial charge in [0.25, 0.3) is 0 Å². The first-order valence-electron chi connectivity index (χ1n) is 9.38. The molecule has 1 nitrogen and oxygen atoms in total. The minimum absolute atomic E-state index is 0.248. The maximum Gasteiger partial charge on any atom is 0.00968 e. The molecule has 120 valence electrons. The van der Waals surface area contributed by atoms with Crippen molar-refractivity contribution in [2.75, 3.05) is 6.54 Å². The maximum absolute atomic E-state index is 3.84. The fourth-order valence-corrected chi connectivity index (χ4v) is 5.26. The number of hydrogen-bond donors (Lipinski definition) is 1. The minimum atomic E-state index is 0.248. The molecule has 2 saturated carbocycles. The Hall–Kier alpha value is -0.300. The quantitative estimate of drug-likeness (QED) is 0.666. The Morgan fingerprint density at radius 1 is 1.00 bits per heavy atom. The van der Waals surface area contributed by atoms with Gasteiger partial charge in [0.15, 0.2) is 0 Å². The van der Waals surface area contributed by atoms with Gasteiger partial charge in [-0.05, 0) is 77.6 Å².